The minimum Gasteiger partial charge on any atom is -0.497 e. The van der Waals surface area contributed by atoms with Crippen molar-refractivity contribution in [2.24, 2.45) is 0 Å². The molecule has 1 heterocycles. The van der Waals surface area contributed by atoms with Crippen LogP contribution in [0.1, 0.15) is 0 Å². The van der Waals surface area contributed by atoms with Crippen LogP contribution in [0.5, 0.6) is 5.75 Å². The Morgan fingerprint density at radius 3 is 2.55 bits per heavy atom. The zero-order valence-electron chi connectivity index (χ0n) is 12.4. The second-order valence-corrected chi connectivity index (χ2v) is 4.80. The molecule has 2 rings (SSSR count). The minimum absolute atomic E-state index is 0.0811. The first-order valence-corrected chi connectivity index (χ1v) is 6.73. The molecule has 1 fully saturated rings. The predicted molar refractivity (Wildman–Crippen MR) is 81.1 cm³/mol. The Bertz CT molecular complexity index is 615. The maximum atomic E-state index is 12.3. The summed E-state index contributed by atoms with van der Waals surface area (Å²) in [5.74, 6) is 2.85. The van der Waals surface area contributed by atoms with Gasteiger partial charge in [-0.25, -0.2) is 0 Å². The predicted octanol–water partition coefficient (Wildman–Crippen LogP) is 0.858. The third-order valence-electron chi connectivity index (χ3n) is 3.60. The molecule has 1 aliphatic heterocycles. The number of nitrogens with zero attached hydrogens (tertiary/aromatic N) is 2. The van der Waals surface area contributed by atoms with Crippen molar-refractivity contribution in [3.05, 3.63) is 24.3 Å². The van der Waals surface area contributed by atoms with E-state index in [0.717, 1.165) is 11.4 Å². The molecule has 0 aromatic heterocycles. The molecule has 6 nitrogen and oxygen atoms in total. The molecule has 1 aromatic carbocycles. The van der Waals surface area contributed by atoms with Crippen LogP contribution in [-0.4, -0.2) is 49.8 Å². The van der Waals surface area contributed by atoms with E-state index in [1.807, 2.05) is 12.1 Å². The van der Waals surface area contributed by atoms with Gasteiger partial charge in [-0.2, -0.15) is 5.26 Å². The molecule has 22 heavy (non-hydrogen) atoms. The number of rotatable bonds is 5. The fraction of sp³-hybridized carbons (Fsp3) is 0.375. The highest BCUT2D eigenvalue weighted by molar-refractivity contribution is 5.86. The van der Waals surface area contributed by atoms with Gasteiger partial charge in [-0.05, 0) is 24.3 Å². The molecule has 0 bridgehead atoms. The van der Waals surface area contributed by atoms with Crippen molar-refractivity contribution in [2.75, 3.05) is 26.1 Å². The number of hydrogen-bond donors (Lipinski definition) is 1. The van der Waals surface area contributed by atoms with E-state index in [4.69, 9.17) is 15.9 Å². The number of benzene rings is 1. The first-order chi connectivity index (χ1) is 10.7. The summed E-state index contributed by atoms with van der Waals surface area (Å²) in [5.41, 5.74) is 0.767. The van der Waals surface area contributed by atoms with E-state index in [-0.39, 0.29) is 12.5 Å². The fourth-order valence-electron chi connectivity index (χ4n) is 2.52. The van der Waals surface area contributed by atoms with E-state index >= 15 is 0 Å². The maximum absolute atomic E-state index is 12.3. The SMILES string of the molecule is C#CCN1C(=O)[C@H](OC)[C@@H](Nc2ccc(OC)cc2)[C@H]1C#N. The summed E-state index contributed by atoms with van der Waals surface area (Å²) >= 11 is 0. The zero-order chi connectivity index (χ0) is 16.1. The van der Waals surface area contributed by atoms with Gasteiger partial charge in [0, 0.05) is 12.8 Å². The van der Waals surface area contributed by atoms with Gasteiger partial charge in [0.25, 0.3) is 5.91 Å². The Morgan fingerprint density at radius 2 is 2.05 bits per heavy atom. The highest BCUT2D eigenvalue weighted by Crippen LogP contribution is 2.26. The normalized spacial score (nSPS) is 23.7. The van der Waals surface area contributed by atoms with Crippen molar-refractivity contribution < 1.29 is 14.3 Å². The van der Waals surface area contributed by atoms with Crippen molar-refractivity contribution in [1.82, 2.24) is 4.90 Å². The van der Waals surface area contributed by atoms with Crippen LogP contribution in [0.2, 0.25) is 0 Å². The molecule has 0 unspecified atom stereocenters. The third-order valence-corrected chi connectivity index (χ3v) is 3.60. The molecule has 0 saturated carbocycles. The molecular formula is C16H17N3O3. The standard InChI is InChI=1S/C16H17N3O3/c1-4-9-19-13(10-17)14(15(22-3)16(19)20)18-11-5-7-12(21-2)8-6-11/h1,5-8,13-15,18H,9H2,2-3H3/t13-,14+,15-/m1/s1. The number of anilines is 1. The van der Waals surface area contributed by atoms with Crippen molar-refractivity contribution in [3.63, 3.8) is 0 Å². The van der Waals surface area contributed by atoms with Gasteiger partial charge in [-0.3, -0.25) is 4.79 Å². The number of terminal acetylenes is 1. The van der Waals surface area contributed by atoms with Gasteiger partial charge in [-0.1, -0.05) is 5.92 Å². The Hall–Kier alpha value is -2.70. The lowest BCUT2D eigenvalue weighted by molar-refractivity contribution is -0.135. The lowest BCUT2D eigenvalue weighted by Gasteiger charge is -2.22. The van der Waals surface area contributed by atoms with Gasteiger partial charge < -0.3 is 19.7 Å². The molecule has 0 spiro atoms. The van der Waals surface area contributed by atoms with Gasteiger partial charge in [0.2, 0.25) is 0 Å². The van der Waals surface area contributed by atoms with E-state index in [1.54, 1.807) is 19.2 Å². The summed E-state index contributed by atoms with van der Waals surface area (Å²) in [6.07, 6.45) is 4.53. The number of ether oxygens (including phenoxy) is 2. The molecule has 1 amide bonds. The molecule has 1 saturated heterocycles. The van der Waals surface area contributed by atoms with E-state index in [2.05, 4.69) is 17.3 Å². The first-order valence-electron chi connectivity index (χ1n) is 6.73. The van der Waals surface area contributed by atoms with Crippen LogP contribution in [0, 0.1) is 23.7 Å². The highest BCUT2D eigenvalue weighted by atomic mass is 16.5. The van der Waals surface area contributed by atoms with Crippen molar-refractivity contribution in [1.29, 1.82) is 5.26 Å². The van der Waals surface area contributed by atoms with Gasteiger partial charge in [-0.15, -0.1) is 6.42 Å². The van der Waals surface area contributed by atoms with Crippen LogP contribution in [0.4, 0.5) is 5.69 Å². The van der Waals surface area contributed by atoms with Crippen LogP contribution in [0.25, 0.3) is 0 Å². The number of nitrogens with one attached hydrogen (secondary N) is 1. The van der Waals surface area contributed by atoms with Crippen molar-refractivity contribution >= 4 is 11.6 Å². The quantitative estimate of drug-likeness (QED) is 0.816. The van der Waals surface area contributed by atoms with Gasteiger partial charge in [0.15, 0.2) is 6.10 Å². The maximum Gasteiger partial charge on any atom is 0.255 e. The largest absolute Gasteiger partial charge is 0.497 e. The average molecular weight is 299 g/mol. The van der Waals surface area contributed by atoms with E-state index in [0.29, 0.717) is 0 Å². The fourth-order valence-corrected chi connectivity index (χ4v) is 2.52. The van der Waals surface area contributed by atoms with Crippen LogP contribution < -0.4 is 10.1 Å². The van der Waals surface area contributed by atoms with Gasteiger partial charge >= 0.3 is 0 Å². The molecule has 3 atom stereocenters. The molecule has 0 radical (unpaired) electrons. The van der Waals surface area contributed by atoms with Crippen LogP contribution >= 0.6 is 0 Å². The number of nitriles is 1. The van der Waals surface area contributed by atoms with Crippen LogP contribution in [0.15, 0.2) is 24.3 Å². The molecule has 0 aliphatic carbocycles. The number of amides is 1. The minimum atomic E-state index is -0.750. The summed E-state index contributed by atoms with van der Waals surface area (Å²) in [5, 5.41) is 12.6. The number of methoxy groups -OCH3 is 2. The van der Waals surface area contributed by atoms with E-state index < -0.39 is 18.2 Å². The first kappa shape index (κ1) is 15.7. The summed E-state index contributed by atoms with van der Waals surface area (Å²) in [4.78, 5) is 13.6. The van der Waals surface area contributed by atoms with Crippen LogP contribution in [0.3, 0.4) is 0 Å². The van der Waals surface area contributed by atoms with Gasteiger partial charge in [0.1, 0.15) is 11.8 Å². The Labute approximate surface area is 129 Å². The topological polar surface area (TPSA) is 74.6 Å². The average Bonchev–Trinajstić information content (AvgIpc) is 2.79. The number of hydrogen-bond acceptors (Lipinski definition) is 5. The lowest BCUT2D eigenvalue weighted by Crippen LogP contribution is -2.40. The summed E-state index contributed by atoms with van der Waals surface area (Å²) in [6.45, 7) is 0.0811. The summed E-state index contributed by atoms with van der Waals surface area (Å²) in [6, 6.07) is 8.16. The number of carbonyl (C=O) groups is 1. The monoisotopic (exact) mass is 299 g/mol. The van der Waals surface area contributed by atoms with Crippen molar-refractivity contribution in [3.8, 4) is 24.2 Å². The molecule has 6 heteroatoms. The Kier molecular flexibility index (Phi) is 4.88. The zero-order valence-corrected chi connectivity index (χ0v) is 12.4. The number of likely N-dealkylation sites (tertiary alicyclic amines) is 1. The second-order valence-electron chi connectivity index (χ2n) is 4.80. The van der Waals surface area contributed by atoms with Crippen LogP contribution in [-0.2, 0) is 9.53 Å². The summed E-state index contributed by atoms with van der Waals surface area (Å²) in [7, 11) is 3.03. The van der Waals surface area contributed by atoms with E-state index in [9.17, 15) is 10.1 Å². The molecule has 1 aliphatic rings. The van der Waals surface area contributed by atoms with E-state index in [1.165, 1.54) is 12.0 Å². The molecular weight excluding hydrogens is 282 g/mol. The second kappa shape index (κ2) is 6.84. The van der Waals surface area contributed by atoms with Gasteiger partial charge in [0.05, 0.1) is 25.8 Å². The Morgan fingerprint density at radius 1 is 1.36 bits per heavy atom. The third kappa shape index (κ3) is 2.83. The molecule has 1 aromatic rings. The van der Waals surface area contributed by atoms with Crippen molar-refractivity contribution in [2.45, 2.75) is 18.2 Å². The molecule has 1 N–H and O–H groups in total. The highest BCUT2D eigenvalue weighted by Gasteiger charge is 2.48. The summed E-state index contributed by atoms with van der Waals surface area (Å²) < 4.78 is 10.4. The molecule has 114 valence electrons. The smallest absolute Gasteiger partial charge is 0.255 e. The Balaban J connectivity index is 2.24. The lowest BCUT2D eigenvalue weighted by atomic mass is 10.1. The number of carbonyl (C=O) groups excluding carboxylic acids is 1.